The van der Waals surface area contributed by atoms with E-state index in [0.29, 0.717) is 30.4 Å². The average molecular weight is 404 g/mol. The van der Waals surface area contributed by atoms with Crippen LogP contribution >= 0.6 is 0 Å². The van der Waals surface area contributed by atoms with E-state index in [1.807, 2.05) is 27.7 Å². The molecule has 158 valence electrons. The number of nitrogens with zero attached hydrogens (tertiary/aromatic N) is 2. The topological polar surface area (TPSA) is 85.4 Å². The maximum absolute atomic E-state index is 12.5. The molecule has 0 aliphatic carbocycles. The fourth-order valence-electron chi connectivity index (χ4n) is 3.81. The van der Waals surface area contributed by atoms with E-state index in [1.54, 1.807) is 28.0 Å². The smallest absolute Gasteiger partial charge is 0.311 e. The molecule has 0 radical (unpaired) electrons. The molecule has 29 heavy (non-hydrogen) atoms. The highest BCUT2D eigenvalue weighted by atomic mass is 16.6. The molecule has 0 unspecified atom stereocenters. The lowest BCUT2D eigenvalue weighted by Crippen LogP contribution is -2.44. The summed E-state index contributed by atoms with van der Waals surface area (Å²) in [5.74, 6) is -0.312. The van der Waals surface area contributed by atoms with E-state index in [4.69, 9.17) is 14.2 Å². The van der Waals surface area contributed by atoms with Crippen LogP contribution in [0.2, 0.25) is 0 Å². The van der Waals surface area contributed by atoms with E-state index < -0.39 is 11.9 Å². The van der Waals surface area contributed by atoms with Gasteiger partial charge in [0.2, 0.25) is 5.91 Å². The van der Waals surface area contributed by atoms with Crippen molar-refractivity contribution in [1.29, 1.82) is 0 Å². The van der Waals surface area contributed by atoms with Crippen LogP contribution in [0.25, 0.3) is 0 Å². The highest BCUT2D eigenvalue weighted by molar-refractivity contribution is 6.00. The Morgan fingerprint density at radius 2 is 1.79 bits per heavy atom. The monoisotopic (exact) mass is 404 g/mol. The van der Waals surface area contributed by atoms with Gasteiger partial charge in [0.15, 0.2) is 18.1 Å². The van der Waals surface area contributed by atoms with E-state index in [-0.39, 0.29) is 43.5 Å². The normalized spacial score (nSPS) is 18.3. The molecule has 1 aromatic rings. The zero-order valence-electron chi connectivity index (χ0n) is 17.3. The molecule has 1 aromatic carbocycles. The summed E-state index contributed by atoms with van der Waals surface area (Å²) in [6, 6.07) is 5.30. The Labute approximate surface area is 170 Å². The van der Waals surface area contributed by atoms with Crippen molar-refractivity contribution in [2.75, 3.05) is 31.3 Å². The predicted octanol–water partition coefficient (Wildman–Crippen LogP) is 2.00. The minimum absolute atomic E-state index is 0.0139. The highest BCUT2D eigenvalue weighted by Gasteiger charge is 2.37. The van der Waals surface area contributed by atoms with Crippen molar-refractivity contribution < 1.29 is 28.6 Å². The Hall–Kier alpha value is -2.77. The molecule has 2 aliphatic rings. The maximum atomic E-state index is 12.5. The van der Waals surface area contributed by atoms with Gasteiger partial charge in [0.1, 0.15) is 13.2 Å². The third-order valence-corrected chi connectivity index (χ3v) is 5.03. The van der Waals surface area contributed by atoms with Gasteiger partial charge in [-0.3, -0.25) is 14.4 Å². The van der Waals surface area contributed by atoms with Crippen molar-refractivity contribution in [1.82, 2.24) is 4.90 Å². The highest BCUT2D eigenvalue weighted by Crippen LogP contribution is 2.36. The first kappa shape index (κ1) is 21.0. The first-order valence-corrected chi connectivity index (χ1v) is 9.95. The number of hydrogen-bond donors (Lipinski definition) is 0. The minimum Gasteiger partial charge on any atom is -0.486 e. The van der Waals surface area contributed by atoms with Gasteiger partial charge in [0, 0.05) is 36.8 Å². The molecule has 0 N–H and O–H groups in total. The van der Waals surface area contributed by atoms with Crippen LogP contribution in [0.1, 0.15) is 34.1 Å². The molecule has 1 fully saturated rings. The SMILES string of the molecule is CC(C)N(C(=O)COC(=O)[C@H]1CC(=O)N(c2ccc3c(c2)OCCO3)C1)C(C)C. The van der Waals surface area contributed by atoms with Crippen molar-refractivity contribution >= 4 is 23.5 Å². The molecule has 1 atom stereocenters. The van der Waals surface area contributed by atoms with E-state index in [9.17, 15) is 14.4 Å². The van der Waals surface area contributed by atoms with Crippen LogP contribution in [-0.2, 0) is 19.1 Å². The summed E-state index contributed by atoms with van der Waals surface area (Å²) in [6.07, 6.45) is 0.0551. The second-order valence-corrected chi connectivity index (χ2v) is 7.83. The molecule has 0 bridgehead atoms. The Morgan fingerprint density at radius 3 is 2.45 bits per heavy atom. The van der Waals surface area contributed by atoms with Crippen LogP contribution in [0.3, 0.4) is 0 Å². The number of fused-ring (bicyclic) bond motifs is 1. The molecular formula is C21H28N2O6. The van der Waals surface area contributed by atoms with Crippen molar-refractivity contribution in [2.45, 2.75) is 46.2 Å². The summed E-state index contributed by atoms with van der Waals surface area (Å²) in [7, 11) is 0. The number of benzene rings is 1. The molecule has 0 saturated carbocycles. The quantitative estimate of drug-likeness (QED) is 0.674. The van der Waals surface area contributed by atoms with E-state index in [0.717, 1.165) is 0 Å². The van der Waals surface area contributed by atoms with Crippen molar-refractivity contribution in [3.05, 3.63) is 18.2 Å². The maximum Gasteiger partial charge on any atom is 0.311 e. The summed E-state index contributed by atoms with van der Waals surface area (Å²) in [5.41, 5.74) is 0.649. The molecule has 0 spiro atoms. The van der Waals surface area contributed by atoms with Crippen LogP contribution in [0.15, 0.2) is 18.2 Å². The van der Waals surface area contributed by atoms with Crippen LogP contribution in [0.5, 0.6) is 11.5 Å². The molecule has 2 amide bonds. The number of ether oxygens (including phenoxy) is 3. The molecule has 0 aromatic heterocycles. The Kier molecular flexibility index (Phi) is 6.30. The fourth-order valence-corrected chi connectivity index (χ4v) is 3.81. The second kappa shape index (κ2) is 8.71. The van der Waals surface area contributed by atoms with Gasteiger partial charge in [0.25, 0.3) is 5.91 Å². The molecular weight excluding hydrogens is 376 g/mol. The Morgan fingerprint density at radius 1 is 1.14 bits per heavy atom. The molecule has 3 rings (SSSR count). The lowest BCUT2D eigenvalue weighted by molar-refractivity contribution is -0.156. The number of amides is 2. The van der Waals surface area contributed by atoms with Gasteiger partial charge in [-0.25, -0.2) is 0 Å². The zero-order chi connectivity index (χ0) is 21.1. The predicted molar refractivity (Wildman–Crippen MR) is 106 cm³/mol. The van der Waals surface area contributed by atoms with Gasteiger partial charge in [-0.05, 0) is 39.8 Å². The number of anilines is 1. The summed E-state index contributed by atoms with van der Waals surface area (Å²) in [6.45, 7) is 8.51. The first-order valence-electron chi connectivity index (χ1n) is 9.95. The van der Waals surface area contributed by atoms with Crippen LogP contribution < -0.4 is 14.4 Å². The van der Waals surface area contributed by atoms with Crippen LogP contribution in [0, 0.1) is 5.92 Å². The van der Waals surface area contributed by atoms with Crippen LogP contribution in [-0.4, -0.2) is 61.1 Å². The average Bonchev–Trinajstić information content (AvgIpc) is 3.07. The van der Waals surface area contributed by atoms with Gasteiger partial charge in [0.05, 0.1) is 5.92 Å². The number of esters is 1. The van der Waals surface area contributed by atoms with Crippen molar-refractivity contribution in [3.63, 3.8) is 0 Å². The first-order chi connectivity index (χ1) is 13.8. The summed E-state index contributed by atoms with van der Waals surface area (Å²) in [5, 5.41) is 0. The number of carbonyl (C=O) groups excluding carboxylic acids is 3. The lowest BCUT2D eigenvalue weighted by Gasteiger charge is -2.30. The van der Waals surface area contributed by atoms with Gasteiger partial charge < -0.3 is 24.0 Å². The van der Waals surface area contributed by atoms with Gasteiger partial charge >= 0.3 is 5.97 Å². The van der Waals surface area contributed by atoms with E-state index >= 15 is 0 Å². The second-order valence-electron chi connectivity index (χ2n) is 7.83. The van der Waals surface area contributed by atoms with Gasteiger partial charge in [-0.1, -0.05) is 0 Å². The summed E-state index contributed by atoms with van der Waals surface area (Å²) < 4.78 is 16.3. The summed E-state index contributed by atoms with van der Waals surface area (Å²) in [4.78, 5) is 40.5. The van der Waals surface area contributed by atoms with Crippen molar-refractivity contribution in [2.24, 2.45) is 5.92 Å². The third-order valence-electron chi connectivity index (χ3n) is 5.03. The standard InChI is InChI=1S/C21H28N2O6/c1-13(2)23(14(3)4)20(25)12-29-21(26)15-9-19(24)22(11-15)16-5-6-17-18(10-16)28-8-7-27-17/h5-6,10,13-15H,7-9,11-12H2,1-4H3/t15-/m0/s1. The largest absolute Gasteiger partial charge is 0.486 e. The molecule has 2 heterocycles. The van der Waals surface area contributed by atoms with Gasteiger partial charge in [-0.15, -0.1) is 0 Å². The van der Waals surface area contributed by atoms with E-state index in [2.05, 4.69) is 0 Å². The molecule has 1 saturated heterocycles. The molecule has 2 aliphatic heterocycles. The summed E-state index contributed by atoms with van der Waals surface area (Å²) >= 11 is 0. The van der Waals surface area contributed by atoms with Crippen LogP contribution in [0.4, 0.5) is 5.69 Å². The number of carbonyl (C=O) groups is 3. The number of hydrogen-bond acceptors (Lipinski definition) is 6. The fraction of sp³-hybridized carbons (Fsp3) is 0.571. The number of rotatable bonds is 6. The zero-order valence-corrected chi connectivity index (χ0v) is 17.3. The minimum atomic E-state index is -0.602. The van der Waals surface area contributed by atoms with Gasteiger partial charge in [-0.2, -0.15) is 0 Å². The molecule has 8 heteroatoms. The third kappa shape index (κ3) is 4.63. The Bertz CT molecular complexity index is 783. The molecule has 8 nitrogen and oxygen atoms in total. The van der Waals surface area contributed by atoms with Crippen molar-refractivity contribution in [3.8, 4) is 11.5 Å². The Balaban J connectivity index is 1.60. The lowest BCUT2D eigenvalue weighted by atomic mass is 10.1. The van der Waals surface area contributed by atoms with E-state index in [1.165, 1.54) is 0 Å².